The largest absolute Gasteiger partial charge is 0.339 e. The van der Waals surface area contributed by atoms with Crippen LogP contribution >= 0.6 is 0 Å². The van der Waals surface area contributed by atoms with Gasteiger partial charge < -0.3 is 9.80 Å². The first-order valence-corrected chi connectivity index (χ1v) is 7.99. The topological polar surface area (TPSA) is 24.8 Å². The van der Waals surface area contributed by atoms with Crippen molar-refractivity contribution in [3.05, 3.63) is 0 Å². The summed E-state index contributed by atoms with van der Waals surface area (Å²) >= 11 is 0. The van der Waals surface area contributed by atoms with E-state index in [1.807, 2.05) is 0 Å². The molecule has 1 amide bonds. The monoisotopic (exact) mass is 249 g/mol. The summed E-state index contributed by atoms with van der Waals surface area (Å²) in [6, 6.07) is 1.28. The van der Waals surface area contributed by atoms with Crippen LogP contribution in [-0.4, -0.2) is 42.5 Å². The molecule has 4 fully saturated rings. The quantitative estimate of drug-likeness (QED) is 0.662. The molecular weight excluding hydrogens is 224 g/mol. The van der Waals surface area contributed by atoms with Crippen molar-refractivity contribution in [3.8, 4) is 0 Å². The maximum Gasteiger partial charge on any atom is 0.231 e. The fourth-order valence-corrected chi connectivity index (χ4v) is 5.26. The molecule has 18 heavy (non-hydrogen) atoms. The highest BCUT2D eigenvalue weighted by Gasteiger charge is 2.53. The summed E-state index contributed by atoms with van der Waals surface area (Å²) in [7, 11) is 0. The summed E-state index contributed by atoms with van der Waals surface area (Å²) in [5.41, 5.74) is 0. The number of amides is 1. The van der Waals surface area contributed by atoms with Crippen molar-refractivity contribution in [1.82, 2.24) is 4.90 Å². The van der Waals surface area contributed by atoms with Crippen LogP contribution in [-0.2, 0) is 4.79 Å². The molecule has 0 saturated carbocycles. The molecule has 5 atom stereocenters. The summed E-state index contributed by atoms with van der Waals surface area (Å²) in [5, 5.41) is 0. The standard InChI is InChI=1S/C15H24N2O/c18-15-12-9-11(13-5-2-4-8-17(13)15)10-16-7-3-1-6-14(12)16/h11-14H,1-10H2/p+1. The molecule has 1 N–H and O–H groups in total. The van der Waals surface area contributed by atoms with Crippen molar-refractivity contribution in [2.75, 3.05) is 19.6 Å². The number of hydrogen-bond donors (Lipinski definition) is 1. The Kier molecular flexibility index (Phi) is 2.65. The van der Waals surface area contributed by atoms with Crippen LogP contribution in [0, 0.1) is 11.8 Å². The second kappa shape index (κ2) is 4.22. The number of piperidine rings is 4. The Labute approximate surface area is 110 Å². The number of nitrogens with zero attached hydrogens (tertiary/aromatic N) is 1. The van der Waals surface area contributed by atoms with E-state index in [4.69, 9.17) is 0 Å². The SMILES string of the molecule is O=C1C2CC(C[NH+]3CCCCC23)C2CCCCN12. The lowest BCUT2D eigenvalue weighted by Crippen LogP contribution is -3.19. The van der Waals surface area contributed by atoms with Crippen LogP contribution in [0.5, 0.6) is 0 Å². The Morgan fingerprint density at radius 3 is 2.94 bits per heavy atom. The summed E-state index contributed by atoms with van der Waals surface area (Å²) in [5.74, 6) is 1.73. The third kappa shape index (κ3) is 1.56. The van der Waals surface area contributed by atoms with E-state index in [0.29, 0.717) is 23.9 Å². The smallest absolute Gasteiger partial charge is 0.231 e. The molecular formula is C15H25N2O+. The predicted molar refractivity (Wildman–Crippen MR) is 69.3 cm³/mol. The summed E-state index contributed by atoms with van der Waals surface area (Å²) < 4.78 is 0. The van der Waals surface area contributed by atoms with Crippen LogP contribution in [0.4, 0.5) is 0 Å². The van der Waals surface area contributed by atoms with E-state index in [1.54, 1.807) is 4.90 Å². The molecule has 4 rings (SSSR count). The summed E-state index contributed by atoms with van der Waals surface area (Å²) in [6.45, 7) is 3.74. The Balaban J connectivity index is 1.63. The Bertz CT molecular complexity index is 354. The fraction of sp³-hybridized carbons (Fsp3) is 0.933. The first-order valence-electron chi connectivity index (χ1n) is 7.99. The lowest BCUT2D eigenvalue weighted by atomic mass is 9.70. The van der Waals surface area contributed by atoms with Crippen molar-refractivity contribution in [2.45, 2.75) is 57.0 Å². The van der Waals surface area contributed by atoms with Gasteiger partial charge in [-0.05, 0) is 38.5 Å². The number of fused-ring (bicyclic) bond motifs is 6. The molecule has 4 aliphatic heterocycles. The lowest BCUT2D eigenvalue weighted by Gasteiger charge is -2.54. The Morgan fingerprint density at radius 2 is 2.00 bits per heavy atom. The van der Waals surface area contributed by atoms with Gasteiger partial charge in [-0.3, -0.25) is 4.79 Å². The molecule has 0 spiro atoms. The van der Waals surface area contributed by atoms with E-state index in [-0.39, 0.29) is 0 Å². The molecule has 3 nitrogen and oxygen atoms in total. The second-order valence-corrected chi connectivity index (χ2v) is 6.91. The number of rotatable bonds is 0. The van der Waals surface area contributed by atoms with Gasteiger partial charge in [0, 0.05) is 24.9 Å². The molecule has 0 radical (unpaired) electrons. The number of hydrogen-bond acceptors (Lipinski definition) is 1. The minimum Gasteiger partial charge on any atom is -0.339 e. The van der Waals surface area contributed by atoms with Gasteiger partial charge in [-0.2, -0.15) is 0 Å². The van der Waals surface area contributed by atoms with Gasteiger partial charge in [-0.25, -0.2) is 0 Å². The Hall–Kier alpha value is -0.570. The van der Waals surface area contributed by atoms with E-state index in [0.717, 1.165) is 12.5 Å². The first-order chi connectivity index (χ1) is 8.84. The maximum atomic E-state index is 12.7. The summed E-state index contributed by atoms with van der Waals surface area (Å²) in [4.78, 5) is 16.8. The zero-order valence-corrected chi connectivity index (χ0v) is 11.2. The minimum absolute atomic E-state index is 0.383. The molecule has 0 aliphatic carbocycles. The third-order valence-electron chi connectivity index (χ3n) is 6.05. The number of carbonyl (C=O) groups excluding carboxylic acids is 1. The van der Waals surface area contributed by atoms with Crippen LogP contribution < -0.4 is 4.90 Å². The van der Waals surface area contributed by atoms with Gasteiger partial charge >= 0.3 is 0 Å². The predicted octanol–water partition coefficient (Wildman–Crippen LogP) is 0.455. The fourth-order valence-electron chi connectivity index (χ4n) is 5.26. The van der Waals surface area contributed by atoms with Gasteiger partial charge in [0.05, 0.1) is 25.0 Å². The highest BCUT2D eigenvalue weighted by atomic mass is 16.2. The van der Waals surface area contributed by atoms with Crippen LogP contribution in [0.15, 0.2) is 0 Å². The molecule has 100 valence electrons. The molecule has 4 saturated heterocycles. The highest BCUT2D eigenvalue weighted by Crippen LogP contribution is 2.38. The number of quaternary nitrogens is 1. The highest BCUT2D eigenvalue weighted by molar-refractivity contribution is 5.81. The van der Waals surface area contributed by atoms with E-state index in [1.165, 1.54) is 58.0 Å². The first kappa shape index (κ1) is 11.3. The van der Waals surface area contributed by atoms with Gasteiger partial charge in [0.25, 0.3) is 0 Å². The van der Waals surface area contributed by atoms with Gasteiger partial charge in [-0.15, -0.1) is 0 Å². The van der Waals surface area contributed by atoms with Gasteiger partial charge in [0.15, 0.2) is 0 Å². The summed E-state index contributed by atoms with van der Waals surface area (Å²) in [6.07, 6.45) is 9.11. The maximum absolute atomic E-state index is 12.7. The van der Waals surface area contributed by atoms with Crippen molar-refractivity contribution < 1.29 is 9.69 Å². The van der Waals surface area contributed by atoms with E-state index < -0.39 is 0 Å². The van der Waals surface area contributed by atoms with E-state index >= 15 is 0 Å². The van der Waals surface area contributed by atoms with Gasteiger partial charge in [-0.1, -0.05) is 0 Å². The van der Waals surface area contributed by atoms with E-state index in [9.17, 15) is 4.79 Å². The molecule has 5 unspecified atom stereocenters. The molecule has 3 heteroatoms. The molecule has 4 aliphatic rings. The zero-order chi connectivity index (χ0) is 12.1. The molecule has 0 aromatic rings. The Morgan fingerprint density at radius 1 is 1.11 bits per heavy atom. The van der Waals surface area contributed by atoms with Crippen LogP contribution in [0.2, 0.25) is 0 Å². The van der Waals surface area contributed by atoms with Crippen molar-refractivity contribution in [2.24, 2.45) is 11.8 Å². The third-order valence-corrected chi connectivity index (χ3v) is 6.05. The average Bonchev–Trinajstić information content (AvgIpc) is 2.44. The van der Waals surface area contributed by atoms with Crippen LogP contribution in [0.25, 0.3) is 0 Å². The molecule has 4 heterocycles. The molecule has 2 bridgehead atoms. The van der Waals surface area contributed by atoms with Crippen molar-refractivity contribution in [3.63, 3.8) is 0 Å². The average molecular weight is 249 g/mol. The molecule has 0 aromatic carbocycles. The second-order valence-electron chi connectivity index (χ2n) is 6.91. The van der Waals surface area contributed by atoms with Crippen molar-refractivity contribution in [1.29, 1.82) is 0 Å². The lowest BCUT2D eigenvalue weighted by molar-refractivity contribution is -0.943. The van der Waals surface area contributed by atoms with Gasteiger partial charge in [0.2, 0.25) is 5.91 Å². The van der Waals surface area contributed by atoms with Crippen molar-refractivity contribution >= 4 is 5.91 Å². The molecule has 0 aromatic heterocycles. The number of carbonyl (C=O) groups is 1. The van der Waals surface area contributed by atoms with Crippen LogP contribution in [0.3, 0.4) is 0 Å². The normalized spacial score (nSPS) is 47.4. The van der Waals surface area contributed by atoms with E-state index in [2.05, 4.69) is 4.90 Å². The zero-order valence-electron chi connectivity index (χ0n) is 11.2. The van der Waals surface area contributed by atoms with Gasteiger partial charge in [0.1, 0.15) is 0 Å². The minimum atomic E-state index is 0.383. The number of nitrogens with one attached hydrogen (secondary N) is 1. The van der Waals surface area contributed by atoms with Crippen LogP contribution in [0.1, 0.15) is 44.9 Å².